The van der Waals surface area contributed by atoms with Gasteiger partial charge in [0.25, 0.3) is 5.91 Å². The molecule has 152 valence electrons. The Kier molecular flexibility index (Phi) is 6.34. The standard InChI is InChI=1S/C20H21ClN4O3S/c1-20(2,3)22-18(26)17(13-6-8-14(21)9-7-13)25(11-15-5-4-10-28-15)19(27)16-12-29-24-23-16/h4-10,12,17H,11H2,1-3H3,(H,22,26)/t17-/m0/s1. The number of nitrogens with one attached hydrogen (secondary N) is 1. The number of hydrogen-bond donors (Lipinski definition) is 1. The van der Waals surface area contributed by atoms with Crippen molar-refractivity contribution in [3.05, 3.63) is 70.1 Å². The second-order valence-electron chi connectivity index (χ2n) is 7.50. The van der Waals surface area contributed by atoms with Gasteiger partial charge in [-0.2, -0.15) is 0 Å². The molecule has 29 heavy (non-hydrogen) atoms. The van der Waals surface area contributed by atoms with E-state index in [4.69, 9.17) is 16.0 Å². The van der Waals surface area contributed by atoms with Gasteiger partial charge in [0.15, 0.2) is 5.69 Å². The predicted octanol–water partition coefficient (Wildman–Crippen LogP) is 4.08. The van der Waals surface area contributed by atoms with E-state index in [9.17, 15) is 9.59 Å². The largest absolute Gasteiger partial charge is 0.467 e. The molecule has 0 radical (unpaired) electrons. The number of hydrogen-bond acceptors (Lipinski definition) is 6. The van der Waals surface area contributed by atoms with Gasteiger partial charge < -0.3 is 14.6 Å². The Morgan fingerprint density at radius 2 is 1.97 bits per heavy atom. The summed E-state index contributed by atoms with van der Waals surface area (Å²) in [6.07, 6.45) is 1.52. The van der Waals surface area contributed by atoms with Crippen molar-refractivity contribution in [3.8, 4) is 0 Å². The number of carbonyl (C=O) groups is 2. The van der Waals surface area contributed by atoms with Crippen molar-refractivity contribution >= 4 is 34.9 Å². The Morgan fingerprint density at radius 1 is 1.24 bits per heavy atom. The van der Waals surface area contributed by atoms with Crippen molar-refractivity contribution < 1.29 is 14.0 Å². The van der Waals surface area contributed by atoms with Gasteiger partial charge in [0.05, 0.1) is 12.8 Å². The highest BCUT2D eigenvalue weighted by atomic mass is 35.5. The Labute approximate surface area is 177 Å². The first-order valence-electron chi connectivity index (χ1n) is 8.92. The maximum atomic E-state index is 13.3. The molecule has 0 aliphatic carbocycles. The average molecular weight is 433 g/mol. The topological polar surface area (TPSA) is 88.3 Å². The quantitative estimate of drug-likeness (QED) is 0.633. The number of furan rings is 1. The second-order valence-corrected chi connectivity index (χ2v) is 8.54. The number of benzene rings is 1. The fourth-order valence-corrected chi connectivity index (χ4v) is 3.37. The smallest absolute Gasteiger partial charge is 0.276 e. The summed E-state index contributed by atoms with van der Waals surface area (Å²) in [6.45, 7) is 5.74. The highest BCUT2D eigenvalue weighted by Crippen LogP contribution is 2.27. The van der Waals surface area contributed by atoms with Crippen molar-refractivity contribution in [1.29, 1.82) is 0 Å². The molecule has 1 N–H and O–H groups in total. The molecule has 0 fully saturated rings. The van der Waals surface area contributed by atoms with Crippen LogP contribution in [0.4, 0.5) is 0 Å². The van der Waals surface area contributed by atoms with E-state index in [-0.39, 0.29) is 18.1 Å². The van der Waals surface area contributed by atoms with Gasteiger partial charge in [0.1, 0.15) is 11.8 Å². The van der Waals surface area contributed by atoms with Crippen molar-refractivity contribution in [2.75, 3.05) is 0 Å². The van der Waals surface area contributed by atoms with Crippen LogP contribution in [0.15, 0.2) is 52.5 Å². The molecular formula is C20H21ClN4O3S. The van der Waals surface area contributed by atoms with Crippen LogP contribution >= 0.6 is 23.1 Å². The van der Waals surface area contributed by atoms with Crippen molar-refractivity contribution in [1.82, 2.24) is 19.8 Å². The van der Waals surface area contributed by atoms with Gasteiger partial charge in [-0.05, 0) is 62.1 Å². The van der Waals surface area contributed by atoms with Crippen molar-refractivity contribution in [2.24, 2.45) is 0 Å². The Bertz CT molecular complexity index is 951. The van der Waals surface area contributed by atoms with Crippen LogP contribution in [-0.4, -0.2) is 31.8 Å². The molecule has 0 spiro atoms. The molecule has 0 aliphatic heterocycles. The summed E-state index contributed by atoms with van der Waals surface area (Å²) in [5.74, 6) is -0.189. The van der Waals surface area contributed by atoms with E-state index in [0.29, 0.717) is 16.3 Å². The first kappa shape index (κ1) is 21.0. The molecule has 1 atom stereocenters. The van der Waals surface area contributed by atoms with Crippen LogP contribution in [0.2, 0.25) is 5.02 Å². The fourth-order valence-electron chi connectivity index (χ4n) is 2.81. The lowest BCUT2D eigenvalue weighted by molar-refractivity contribution is -0.127. The third-order valence-corrected chi connectivity index (χ3v) is 4.75. The molecule has 9 heteroatoms. The van der Waals surface area contributed by atoms with Crippen LogP contribution in [-0.2, 0) is 11.3 Å². The van der Waals surface area contributed by atoms with E-state index >= 15 is 0 Å². The second kappa shape index (κ2) is 8.75. The maximum absolute atomic E-state index is 13.3. The van der Waals surface area contributed by atoms with Gasteiger partial charge in [-0.3, -0.25) is 9.59 Å². The van der Waals surface area contributed by atoms with Gasteiger partial charge in [-0.25, -0.2) is 0 Å². The van der Waals surface area contributed by atoms with Crippen LogP contribution in [0.3, 0.4) is 0 Å². The lowest BCUT2D eigenvalue weighted by atomic mass is 10.0. The van der Waals surface area contributed by atoms with E-state index in [1.165, 1.54) is 11.2 Å². The first-order valence-corrected chi connectivity index (χ1v) is 10.1. The minimum Gasteiger partial charge on any atom is -0.467 e. The molecule has 0 saturated carbocycles. The normalized spacial score (nSPS) is 12.4. The minimum absolute atomic E-state index is 0.0915. The van der Waals surface area contributed by atoms with Crippen LogP contribution in [0, 0.1) is 0 Å². The van der Waals surface area contributed by atoms with Crippen LogP contribution < -0.4 is 5.32 Å². The minimum atomic E-state index is -0.911. The van der Waals surface area contributed by atoms with Crippen molar-refractivity contribution in [2.45, 2.75) is 38.9 Å². The predicted molar refractivity (Wildman–Crippen MR) is 111 cm³/mol. The maximum Gasteiger partial charge on any atom is 0.276 e. The molecule has 3 aromatic rings. The summed E-state index contributed by atoms with van der Waals surface area (Å²) < 4.78 is 9.21. The lowest BCUT2D eigenvalue weighted by Crippen LogP contribution is -2.49. The molecule has 0 saturated heterocycles. The monoisotopic (exact) mass is 432 g/mol. The number of halogens is 1. The van der Waals surface area contributed by atoms with E-state index in [1.807, 2.05) is 20.8 Å². The summed E-state index contributed by atoms with van der Waals surface area (Å²) >= 11 is 7.10. The average Bonchev–Trinajstić information content (AvgIpc) is 3.34. The lowest BCUT2D eigenvalue weighted by Gasteiger charge is -2.32. The molecule has 0 unspecified atom stereocenters. The third kappa shape index (κ3) is 5.42. The highest BCUT2D eigenvalue weighted by molar-refractivity contribution is 7.03. The molecule has 7 nitrogen and oxygen atoms in total. The molecule has 1 aromatic carbocycles. The molecule has 2 heterocycles. The van der Waals surface area contributed by atoms with E-state index in [1.54, 1.807) is 41.8 Å². The summed E-state index contributed by atoms with van der Waals surface area (Å²) in [5, 5.41) is 8.94. The molecule has 2 amide bonds. The number of aromatic nitrogens is 2. The summed E-state index contributed by atoms with van der Waals surface area (Å²) in [4.78, 5) is 28.0. The van der Waals surface area contributed by atoms with E-state index in [2.05, 4.69) is 14.9 Å². The number of amides is 2. The van der Waals surface area contributed by atoms with Crippen LogP contribution in [0.1, 0.15) is 48.6 Å². The zero-order valence-corrected chi connectivity index (χ0v) is 17.8. The zero-order chi connectivity index (χ0) is 21.0. The van der Waals surface area contributed by atoms with Crippen LogP contribution in [0.25, 0.3) is 0 Å². The first-order chi connectivity index (χ1) is 13.7. The van der Waals surface area contributed by atoms with E-state index < -0.39 is 17.5 Å². The van der Waals surface area contributed by atoms with Gasteiger partial charge >= 0.3 is 0 Å². The SMILES string of the molecule is CC(C)(C)NC(=O)[C@H](c1ccc(Cl)cc1)N(Cc1ccco1)C(=O)c1csnn1. The molecule has 0 bridgehead atoms. The highest BCUT2D eigenvalue weighted by Gasteiger charge is 2.35. The third-order valence-electron chi connectivity index (χ3n) is 3.99. The molecule has 2 aromatic heterocycles. The van der Waals surface area contributed by atoms with Gasteiger partial charge in [0, 0.05) is 15.9 Å². The van der Waals surface area contributed by atoms with Gasteiger partial charge in [-0.15, -0.1) is 5.10 Å². The summed E-state index contributed by atoms with van der Waals surface area (Å²) in [6, 6.07) is 9.41. The van der Waals surface area contributed by atoms with Gasteiger partial charge in [0.2, 0.25) is 5.91 Å². The van der Waals surface area contributed by atoms with Gasteiger partial charge in [-0.1, -0.05) is 28.2 Å². The Balaban J connectivity index is 2.06. The number of carbonyl (C=O) groups excluding carboxylic acids is 2. The number of nitrogens with zero attached hydrogens (tertiary/aromatic N) is 3. The molecule has 3 rings (SSSR count). The Hall–Kier alpha value is -2.71. The van der Waals surface area contributed by atoms with Crippen LogP contribution in [0.5, 0.6) is 0 Å². The zero-order valence-electron chi connectivity index (χ0n) is 16.3. The molecule has 0 aliphatic rings. The fraction of sp³-hybridized carbons (Fsp3) is 0.300. The summed E-state index contributed by atoms with van der Waals surface area (Å²) in [7, 11) is 0. The molecular weight excluding hydrogens is 412 g/mol. The Morgan fingerprint density at radius 3 is 2.52 bits per heavy atom. The van der Waals surface area contributed by atoms with Crippen molar-refractivity contribution in [3.63, 3.8) is 0 Å². The summed E-state index contributed by atoms with van der Waals surface area (Å²) in [5.41, 5.74) is 0.312. The van der Waals surface area contributed by atoms with E-state index in [0.717, 1.165) is 11.5 Å². The number of rotatable bonds is 6.